The smallest absolute Gasteiger partial charge is 0.340 e. The average Bonchev–Trinajstić information content (AvgIpc) is 2.88. The highest BCUT2D eigenvalue weighted by Crippen LogP contribution is 2.38. The summed E-state index contributed by atoms with van der Waals surface area (Å²) in [6.45, 7) is 0. The summed E-state index contributed by atoms with van der Waals surface area (Å²) >= 11 is 0. The van der Waals surface area contributed by atoms with E-state index in [4.69, 9.17) is 14.2 Å². The molecular weight excluding hydrogens is 350 g/mol. The van der Waals surface area contributed by atoms with Crippen LogP contribution in [0, 0.1) is 0 Å². The van der Waals surface area contributed by atoms with E-state index in [0.717, 1.165) is 32.1 Å². The SMILES string of the molecule is COC(=O)C1=C(NC2CCCCC2)Oc2c(ccccc2=O)C1C(=O)OC. The standard InChI is InChI=1S/C20H23NO6/c1-25-19(23)15-13-10-6-7-11-14(22)17(13)27-18(16(15)20(24)26-2)21-12-8-4-3-5-9-12/h6-7,10-12,15,21H,3-5,8-9H2,1-2H3. The molecule has 1 saturated carbocycles. The Kier molecular flexibility index (Phi) is 5.78. The Bertz CT molecular complexity index is 825. The molecule has 0 aromatic heterocycles. The third-order valence-corrected chi connectivity index (χ3v) is 4.95. The van der Waals surface area contributed by atoms with Crippen molar-refractivity contribution < 1.29 is 23.8 Å². The van der Waals surface area contributed by atoms with E-state index in [2.05, 4.69) is 5.32 Å². The fraction of sp³-hybridized carbons (Fsp3) is 0.450. The van der Waals surface area contributed by atoms with Gasteiger partial charge in [-0.05, 0) is 18.9 Å². The van der Waals surface area contributed by atoms with Gasteiger partial charge in [-0.2, -0.15) is 0 Å². The molecule has 1 unspecified atom stereocenters. The van der Waals surface area contributed by atoms with Gasteiger partial charge in [-0.15, -0.1) is 0 Å². The van der Waals surface area contributed by atoms with Gasteiger partial charge >= 0.3 is 11.9 Å². The van der Waals surface area contributed by atoms with Crippen molar-refractivity contribution in [2.24, 2.45) is 0 Å². The summed E-state index contributed by atoms with van der Waals surface area (Å²) in [6, 6.07) is 6.21. The molecule has 27 heavy (non-hydrogen) atoms. The van der Waals surface area contributed by atoms with Crippen LogP contribution in [0.1, 0.15) is 43.6 Å². The van der Waals surface area contributed by atoms with Gasteiger partial charge in [0.05, 0.1) is 14.2 Å². The van der Waals surface area contributed by atoms with Gasteiger partial charge in [-0.1, -0.05) is 37.5 Å². The molecule has 1 N–H and O–H groups in total. The van der Waals surface area contributed by atoms with Crippen LogP contribution >= 0.6 is 0 Å². The van der Waals surface area contributed by atoms with Crippen LogP contribution in [0.2, 0.25) is 0 Å². The molecule has 7 heteroatoms. The molecule has 0 bridgehead atoms. The number of hydrogen-bond acceptors (Lipinski definition) is 7. The normalized spacial score (nSPS) is 19.6. The highest BCUT2D eigenvalue weighted by Gasteiger charge is 2.41. The molecule has 2 aliphatic rings. The highest BCUT2D eigenvalue weighted by molar-refractivity contribution is 6.00. The number of esters is 2. The van der Waals surface area contributed by atoms with Crippen LogP contribution in [0.3, 0.4) is 0 Å². The zero-order valence-electron chi connectivity index (χ0n) is 15.4. The number of hydrogen-bond donors (Lipinski definition) is 1. The molecule has 0 saturated heterocycles. The molecule has 1 aliphatic carbocycles. The molecule has 7 nitrogen and oxygen atoms in total. The van der Waals surface area contributed by atoms with E-state index in [0.29, 0.717) is 0 Å². The second-order valence-electron chi connectivity index (χ2n) is 6.64. The summed E-state index contributed by atoms with van der Waals surface area (Å²) < 4.78 is 15.6. The monoisotopic (exact) mass is 373 g/mol. The van der Waals surface area contributed by atoms with Crippen LogP contribution in [0.5, 0.6) is 5.75 Å². The maximum absolute atomic E-state index is 12.6. The quantitative estimate of drug-likeness (QED) is 0.807. The number of carbonyl (C=O) groups excluding carboxylic acids is 2. The fourth-order valence-electron chi connectivity index (χ4n) is 3.60. The van der Waals surface area contributed by atoms with Gasteiger partial charge in [0.2, 0.25) is 11.3 Å². The van der Waals surface area contributed by atoms with Crippen molar-refractivity contribution in [2.75, 3.05) is 14.2 Å². The Hall–Kier alpha value is -2.83. The van der Waals surface area contributed by atoms with E-state index in [1.54, 1.807) is 18.2 Å². The summed E-state index contributed by atoms with van der Waals surface area (Å²) in [5.74, 6) is -2.35. The molecule has 0 radical (unpaired) electrons. The van der Waals surface area contributed by atoms with Crippen LogP contribution < -0.4 is 15.5 Å². The van der Waals surface area contributed by atoms with Crippen LogP contribution in [0.25, 0.3) is 0 Å². The van der Waals surface area contributed by atoms with E-state index < -0.39 is 17.9 Å². The first-order valence-corrected chi connectivity index (χ1v) is 9.04. The fourth-order valence-corrected chi connectivity index (χ4v) is 3.60. The first-order valence-electron chi connectivity index (χ1n) is 9.04. The predicted molar refractivity (Wildman–Crippen MR) is 97.1 cm³/mol. The van der Waals surface area contributed by atoms with E-state index in [-0.39, 0.29) is 34.2 Å². The van der Waals surface area contributed by atoms with Crippen molar-refractivity contribution in [3.05, 3.63) is 51.5 Å². The lowest BCUT2D eigenvalue weighted by Gasteiger charge is -2.31. The summed E-state index contributed by atoms with van der Waals surface area (Å²) in [7, 11) is 2.48. The molecule has 1 heterocycles. The Morgan fingerprint density at radius 3 is 2.44 bits per heavy atom. The number of nitrogens with one attached hydrogen (secondary N) is 1. The Morgan fingerprint density at radius 1 is 1.07 bits per heavy atom. The zero-order valence-corrected chi connectivity index (χ0v) is 15.4. The van der Waals surface area contributed by atoms with Crippen molar-refractivity contribution in [3.8, 4) is 5.75 Å². The lowest BCUT2D eigenvalue weighted by atomic mass is 9.89. The maximum Gasteiger partial charge on any atom is 0.340 e. The Labute approximate surface area is 157 Å². The minimum atomic E-state index is -1.10. The van der Waals surface area contributed by atoms with Gasteiger partial charge in [0.25, 0.3) is 0 Å². The molecule has 1 atom stereocenters. The lowest BCUT2D eigenvalue weighted by Crippen LogP contribution is -2.39. The van der Waals surface area contributed by atoms with Crippen LogP contribution in [-0.2, 0) is 19.1 Å². The van der Waals surface area contributed by atoms with Crippen molar-refractivity contribution in [1.29, 1.82) is 0 Å². The van der Waals surface area contributed by atoms with Crippen LogP contribution in [0.15, 0.2) is 40.5 Å². The van der Waals surface area contributed by atoms with Gasteiger partial charge in [0, 0.05) is 11.6 Å². The van der Waals surface area contributed by atoms with Gasteiger partial charge in [0.15, 0.2) is 5.75 Å². The lowest BCUT2D eigenvalue weighted by molar-refractivity contribution is -0.145. The van der Waals surface area contributed by atoms with E-state index in [1.807, 2.05) is 0 Å². The van der Waals surface area contributed by atoms with E-state index >= 15 is 0 Å². The Morgan fingerprint density at radius 2 is 1.78 bits per heavy atom. The summed E-state index contributed by atoms with van der Waals surface area (Å²) in [4.78, 5) is 37.6. The first-order chi connectivity index (χ1) is 13.1. The number of rotatable bonds is 4. The molecular formula is C20H23NO6. The van der Waals surface area contributed by atoms with Crippen molar-refractivity contribution in [2.45, 2.75) is 44.1 Å². The largest absolute Gasteiger partial charge is 0.468 e. The second-order valence-corrected chi connectivity index (χ2v) is 6.64. The minimum Gasteiger partial charge on any atom is -0.468 e. The molecule has 144 valence electrons. The van der Waals surface area contributed by atoms with Gasteiger partial charge < -0.3 is 19.5 Å². The van der Waals surface area contributed by atoms with Gasteiger partial charge in [0.1, 0.15) is 11.5 Å². The third kappa shape index (κ3) is 3.82. The molecule has 0 spiro atoms. The molecule has 0 amide bonds. The number of ether oxygens (including phenoxy) is 3. The summed E-state index contributed by atoms with van der Waals surface area (Å²) in [5.41, 5.74) is -0.0739. The number of carbonyl (C=O) groups is 2. The van der Waals surface area contributed by atoms with Crippen molar-refractivity contribution in [3.63, 3.8) is 0 Å². The van der Waals surface area contributed by atoms with E-state index in [1.165, 1.54) is 20.3 Å². The third-order valence-electron chi connectivity index (χ3n) is 4.95. The molecule has 1 fully saturated rings. The van der Waals surface area contributed by atoms with Gasteiger partial charge in [-0.3, -0.25) is 9.59 Å². The van der Waals surface area contributed by atoms with Crippen molar-refractivity contribution in [1.82, 2.24) is 5.32 Å². The average molecular weight is 373 g/mol. The number of methoxy groups -OCH3 is 2. The topological polar surface area (TPSA) is 90.9 Å². The molecule has 1 aliphatic heterocycles. The number of fused-ring (bicyclic) bond motifs is 1. The highest BCUT2D eigenvalue weighted by atomic mass is 16.5. The van der Waals surface area contributed by atoms with E-state index in [9.17, 15) is 14.4 Å². The predicted octanol–water partition coefficient (Wildman–Crippen LogP) is 2.00. The summed E-state index contributed by atoms with van der Waals surface area (Å²) in [6.07, 6.45) is 5.14. The molecule has 1 aromatic rings. The van der Waals surface area contributed by atoms with Gasteiger partial charge in [-0.25, -0.2) is 4.79 Å². The minimum absolute atomic E-state index is 0.0152. The maximum atomic E-state index is 12.6. The van der Waals surface area contributed by atoms with Crippen LogP contribution in [0.4, 0.5) is 0 Å². The molecule has 3 rings (SSSR count). The van der Waals surface area contributed by atoms with Crippen LogP contribution in [-0.4, -0.2) is 32.2 Å². The Balaban J connectivity index is 2.14. The first kappa shape index (κ1) is 18.9. The van der Waals surface area contributed by atoms with Crippen molar-refractivity contribution >= 4 is 11.9 Å². The zero-order chi connectivity index (χ0) is 19.4. The second kappa shape index (κ2) is 8.24. The molecule has 1 aromatic carbocycles. The summed E-state index contributed by atoms with van der Waals surface area (Å²) in [5, 5.41) is 3.22.